The maximum Gasteiger partial charge on any atom is 0.477 e. The van der Waals surface area contributed by atoms with Gasteiger partial charge in [0.2, 0.25) is 5.79 Å². The number of aryl methyl sites for hydroxylation is 1. The number of allylic oxidation sites excluding steroid dienone is 3. The van der Waals surface area contributed by atoms with E-state index in [4.69, 9.17) is 23.0 Å². The molecule has 0 bridgehead atoms. The summed E-state index contributed by atoms with van der Waals surface area (Å²) in [5, 5.41) is 0. The van der Waals surface area contributed by atoms with Crippen LogP contribution in [0.15, 0.2) is 36.1 Å². The number of benzene rings is 1. The minimum atomic E-state index is -3.73. The van der Waals surface area contributed by atoms with Crippen molar-refractivity contribution in [3.63, 3.8) is 0 Å². The van der Waals surface area contributed by atoms with Crippen LogP contribution in [0.1, 0.15) is 76.8 Å². The molecule has 3 rings (SSSR count). The first kappa shape index (κ1) is 25.0. The van der Waals surface area contributed by atoms with Crippen LogP contribution in [0, 0.1) is 5.92 Å². The Bertz CT molecular complexity index is 911. The summed E-state index contributed by atoms with van der Waals surface area (Å²) < 4.78 is 40.8. The van der Waals surface area contributed by atoms with Gasteiger partial charge in [-0.1, -0.05) is 38.0 Å². The number of hydrogen-bond donors (Lipinski definition) is 0. The highest BCUT2D eigenvalue weighted by atomic mass is 31.2. The second kappa shape index (κ2) is 10.1. The van der Waals surface area contributed by atoms with Crippen LogP contribution < -0.4 is 9.47 Å². The molecule has 0 saturated heterocycles. The van der Waals surface area contributed by atoms with Crippen LogP contribution in [0.4, 0.5) is 0 Å². The summed E-state index contributed by atoms with van der Waals surface area (Å²) in [6.45, 7) is 12.0. The van der Waals surface area contributed by atoms with Crippen LogP contribution in [0.3, 0.4) is 0 Å². The Morgan fingerprint density at radius 1 is 1.22 bits per heavy atom. The van der Waals surface area contributed by atoms with Gasteiger partial charge in [-0.3, -0.25) is 9.05 Å². The minimum Gasteiger partial charge on any atom is -0.462 e. The standard InChI is InChI=1S/C25H37O6P/c1-8-9-10-11-19-15-22-24(21-14-17(2)12-13-20(21)18(3)29-22)23(16-19)30-25(4,5)31-32(26,27-6)28-7/h14-16,20-21H,3,8-13H2,1-2,4-7H3. The van der Waals surface area contributed by atoms with E-state index in [-0.39, 0.29) is 11.8 Å². The van der Waals surface area contributed by atoms with Crippen molar-refractivity contribution < 1.29 is 27.6 Å². The minimum absolute atomic E-state index is 0.118. The molecule has 0 aromatic heterocycles. The van der Waals surface area contributed by atoms with Crippen molar-refractivity contribution in [3.8, 4) is 11.5 Å². The van der Waals surface area contributed by atoms with E-state index in [0.717, 1.165) is 61.2 Å². The smallest absolute Gasteiger partial charge is 0.462 e. The van der Waals surface area contributed by atoms with Gasteiger partial charge in [-0.05, 0) is 50.3 Å². The van der Waals surface area contributed by atoms with Crippen molar-refractivity contribution in [1.29, 1.82) is 0 Å². The van der Waals surface area contributed by atoms with Crippen molar-refractivity contribution in [3.05, 3.63) is 47.2 Å². The second-order valence-corrected chi connectivity index (χ2v) is 10.9. The molecule has 2 atom stereocenters. The van der Waals surface area contributed by atoms with Gasteiger partial charge in [0.1, 0.15) is 17.3 Å². The molecule has 2 unspecified atom stereocenters. The van der Waals surface area contributed by atoms with Gasteiger partial charge in [0, 0.05) is 45.5 Å². The molecule has 1 aromatic carbocycles. The van der Waals surface area contributed by atoms with Gasteiger partial charge in [-0.15, -0.1) is 0 Å². The lowest BCUT2D eigenvalue weighted by Gasteiger charge is -2.39. The van der Waals surface area contributed by atoms with Crippen LogP contribution in [-0.4, -0.2) is 20.0 Å². The lowest BCUT2D eigenvalue weighted by molar-refractivity contribution is -0.101. The molecule has 0 amide bonds. The highest BCUT2D eigenvalue weighted by Gasteiger charge is 2.40. The van der Waals surface area contributed by atoms with E-state index >= 15 is 0 Å². The third-order valence-corrected chi connectivity index (χ3v) is 7.66. The first-order chi connectivity index (χ1) is 15.1. The predicted molar refractivity (Wildman–Crippen MR) is 126 cm³/mol. The van der Waals surface area contributed by atoms with Crippen molar-refractivity contribution in [2.75, 3.05) is 14.2 Å². The molecule has 178 valence electrons. The number of fused-ring (bicyclic) bond motifs is 3. The number of hydrogen-bond acceptors (Lipinski definition) is 6. The van der Waals surface area contributed by atoms with E-state index in [9.17, 15) is 4.57 Å². The van der Waals surface area contributed by atoms with Gasteiger partial charge in [0.05, 0.1) is 0 Å². The molecule has 0 saturated carbocycles. The highest BCUT2D eigenvalue weighted by Crippen LogP contribution is 2.54. The van der Waals surface area contributed by atoms with E-state index < -0.39 is 13.6 Å². The largest absolute Gasteiger partial charge is 0.477 e. The van der Waals surface area contributed by atoms with E-state index in [0.29, 0.717) is 5.75 Å². The second-order valence-electron chi connectivity index (χ2n) is 9.12. The number of ether oxygens (including phenoxy) is 2. The fourth-order valence-corrected chi connectivity index (χ4v) is 5.38. The van der Waals surface area contributed by atoms with Crippen LogP contribution in [0.2, 0.25) is 0 Å². The first-order valence-corrected chi connectivity index (χ1v) is 12.9. The average Bonchev–Trinajstić information content (AvgIpc) is 2.72. The Morgan fingerprint density at radius 3 is 2.59 bits per heavy atom. The van der Waals surface area contributed by atoms with Gasteiger partial charge in [0.15, 0.2) is 0 Å². The van der Waals surface area contributed by atoms with Crippen LogP contribution >= 0.6 is 7.82 Å². The van der Waals surface area contributed by atoms with E-state index in [1.165, 1.54) is 19.8 Å². The molecule has 1 aromatic rings. The Hall–Kier alpha value is -1.59. The molecule has 6 nitrogen and oxygen atoms in total. The monoisotopic (exact) mass is 464 g/mol. The molecule has 1 aliphatic carbocycles. The average molecular weight is 465 g/mol. The molecule has 7 heteroatoms. The zero-order valence-corrected chi connectivity index (χ0v) is 21.1. The lowest BCUT2D eigenvalue weighted by atomic mass is 9.74. The fourth-order valence-electron chi connectivity index (χ4n) is 4.51. The summed E-state index contributed by atoms with van der Waals surface area (Å²) in [6.07, 6.45) is 8.64. The molecule has 2 aliphatic rings. The SMILES string of the molecule is C=C1Oc2cc(CCCCC)cc(OC(C)(C)OP(=O)(OC)OC)c2C2C=C(C)CCC12. The van der Waals surface area contributed by atoms with Gasteiger partial charge in [-0.25, -0.2) is 9.09 Å². The maximum atomic E-state index is 12.6. The fraction of sp³-hybridized carbons (Fsp3) is 0.600. The Labute approximate surface area is 192 Å². The molecule has 1 heterocycles. The molecular formula is C25H37O6P. The lowest BCUT2D eigenvalue weighted by Crippen LogP contribution is -2.33. The molecule has 32 heavy (non-hydrogen) atoms. The Morgan fingerprint density at radius 2 is 1.94 bits per heavy atom. The molecule has 0 spiro atoms. The number of rotatable bonds is 10. The zero-order valence-electron chi connectivity index (χ0n) is 20.2. The summed E-state index contributed by atoms with van der Waals surface area (Å²) in [6, 6.07) is 4.18. The third-order valence-electron chi connectivity index (χ3n) is 6.10. The Kier molecular flexibility index (Phi) is 7.93. The molecule has 0 N–H and O–H groups in total. The van der Waals surface area contributed by atoms with E-state index in [1.54, 1.807) is 13.8 Å². The van der Waals surface area contributed by atoms with Gasteiger partial charge < -0.3 is 9.47 Å². The summed E-state index contributed by atoms with van der Waals surface area (Å²) in [7, 11) is -1.16. The summed E-state index contributed by atoms with van der Waals surface area (Å²) >= 11 is 0. The maximum absolute atomic E-state index is 12.6. The Balaban J connectivity index is 2.04. The number of phosphoric ester groups is 1. The normalized spacial score (nSPS) is 20.8. The quantitative estimate of drug-likeness (QED) is 0.157. The third kappa shape index (κ3) is 5.66. The van der Waals surface area contributed by atoms with Gasteiger partial charge in [0.25, 0.3) is 0 Å². The van der Waals surface area contributed by atoms with E-state index in [2.05, 4.69) is 38.6 Å². The molecule has 1 aliphatic heterocycles. The topological polar surface area (TPSA) is 63.2 Å². The highest BCUT2D eigenvalue weighted by molar-refractivity contribution is 7.48. The van der Waals surface area contributed by atoms with Gasteiger partial charge >= 0.3 is 7.82 Å². The van der Waals surface area contributed by atoms with Crippen molar-refractivity contribution >= 4 is 7.82 Å². The first-order valence-electron chi connectivity index (χ1n) is 11.4. The van der Waals surface area contributed by atoms with Crippen LogP contribution in [0.5, 0.6) is 11.5 Å². The molecule has 0 radical (unpaired) electrons. The predicted octanol–water partition coefficient (Wildman–Crippen LogP) is 7.30. The van der Waals surface area contributed by atoms with Crippen LogP contribution in [-0.2, 0) is 24.6 Å². The molecule has 0 fully saturated rings. The number of unbranched alkanes of at least 4 members (excludes halogenated alkanes) is 2. The summed E-state index contributed by atoms with van der Waals surface area (Å²) in [5.74, 6) is 1.32. The van der Waals surface area contributed by atoms with Crippen molar-refractivity contribution in [1.82, 2.24) is 0 Å². The van der Waals surface area contributed by atoms with Crippen molar-refractivity contribution in [2.24, 2.45) is 5.92 Å². The number of phosphoric acid groups is 1. The zero-order chi connectivity index (χ0) is 23.5. The van der Waals surface area contributed by atoms with E-state index in [1.807, 2.05) is 0 Å². The summed E-state index contributed by atoms with van der Waals surface area (Å²) in [4.78, 5) is 0. The van der Waals surface area contributed by atoms with Gasteiger partial charge in [-0.2, -0.15) is 0 Å². The summed E-state index contributed by atoms with van der Waals surface area (Å²) in [5.41, 5.74) is 3.47. The van der Waals surface area contributed by atoms with Crippen molar-refractivity contribution in [2.45, 2.75) is 77.9 Å². The molecular weight excluding hydrogens is 427 g/mol. The van der Waals surface area contributed by atoms with Crippen LogP contribution in [0.25, 0.3) is 0 Å².